The minimum Gasteiger partial charge on any atom is -0.260 e. The minimum absolute atomic E-state index is 0.167. The van der Waals surface area contributed by atoms with E-state index in [1.54, 1.807) is 14.8 Å². The Morgan fingerprint density at radius 2 is 1.86 bits per heavy atom. The fourth-order valence-corrected chi connectivity index (χ4v) is 4.73. The zero-order valence-corrected chi connectivity index (χ0v) is 13.1. The molecule has 2 heterocycles. The van der Waals surface area contributed by atoms with Gasteiger partial charge in [-0.15, -0.1) is 0 Å². The quantitative estimate of drug-likeness (QED) is 0.837. The summed E-state index contributed by atoms with van der Waals surface area (Å²) in [6.07, 6.45) is 7.88. The van der Waals surface area contributed by atoms with Gasteiger partial charge in [0.25, 0.3) is 10.2 Å². The van der Waals surface area contributed by atoms with Crippen molar-refractivity contribution < 1.29 is 8.42 Å². The van der Waals surface area contributed by atoms with Crippen molar-refractivity contribution in [1.29, 1.82) is 0 Å². The van der Waals surface area contributed by atoms with E-state index in [-0.39, 0.29) is 6.04 Å². The van der Waals surface area contributed by atoms with Crippen molar-refractivity contribution in [2.75, 3.05) is 13.1 Å². The van der Waals surface area contributed by atoms with E-state index in [1.165, 1.54) is 0 Å². The van der Waals surface area contributed by atoms with Crippen molar-refractivity contribution in [3.63, 3.8) is 0 Å². The highest BCUT2D eigenvalue weighted by Gasteiger charge is 2.40. The Bertz CT molecular complexity index is 550. The van der Waals surface area contributed by atoms with E-state index in [1.807, 2.05) is 18.2 Å². The summed E-state index contributed by atoms with van der Waals surface area (Å²) in [5.41, 5.74) is 0.822. The van der Waals surface area contributed by atoms with Gasteiger partial charge in [0.15, 0.2) is 0 Å². The lowest BCUT2D eigenvalue weighted by Crippen LogP contribution is -2.45. The van der Waals surface area contributed by atoms with Gasteiger partial charge in [0, 0.05) is 25.3 Å². The Morgan fingerprint density at radius 1 is 1.14 bits per heavy atom. The van der Waals surface area contributed by atoms with Crippen LogP contribution in [0.25, 0.3) is 0 Å². The molecule has 1 saturated carbocycles. The van der Waals surface area contributed by atoms with Gasteiger partial charge >= 0.3 is 0 Å². The Labute approximate surface area is 127 Å². The molecule has 1 aromatic rings. The Hall–Kier alpha value is -0.980. The van der Waals surface area contributed by atoms with Crippen LogP contribution in [0, 0.1) is 0 Å². The topological polar surface area (TPSA) is 53.5 Å². The molecule has 1 aromatic heterocycles. The highest BCUT2D eigenvalue weighted by atomic mass is 32.2. The summed E-state index contributed by atoms with van der Waals surface area (Å²) in [5, 5.41) is 0. The number of hydrogen-bond donors (Lipinski definition) is 0. The highest BCUT2D eigenvalue weighted by molar-refractivity contribution is 7.86. The number of nitrogens with zero attached hydrogens (tertiary/aromatic N) is 3. The van der Waals surface area contributed by atoms with Gasteiger partial charge in [-0.1, -0.05) is 18.9 Å². The average molecular weight is 309 g/mol. The van der Waals surface area contributed by atoms with E-state index in [0.717, 1.165) is 44.2 Å². The summed E-state index contributed by atoms with van der Waals surface area (Å²) in [4.78, 5) is 4.28. The van der Waals surface area contributed by atoms with Gasteiger partial charge in [0.1, 0.15) is 0 Å². The first-order valence-electron chi connectivity index (χ1n) is 7.85. The van der Waals surface area contributed by atoms with Gasteiger partial charge in [-0.25, -0.2) is 0 Å². The van der Waals surface area contributed by atoms with Gasteiger partial charge in [-0.05, 0) is 37.8 Å². The predicted octanol–water partition coefficient (Wildman–Crippen LogP) is 2.17. The fourth-order valence-electron chi connectivity index (χ4n) is 2.83. The standard InChI is InChI=1S/C15H23N3O2S/c19-21(20,17-11-5-1-2-6-12-17)18(15-8-9-15)13-14-7-3-4-10-16-14/h3-4,7,10,15H,1-2,5-6,8-9,11-13H2. The molecular weight excluding hydrogens is 286 g/mol. The van der Waals surface area contributed by atoms with Crippen molar-refractivity contribution in [2.45, 2.75) is 51.1 Å². The molecule has 0 unspecified atom stereocenters. The van der Waals surface area contributed by atoms with Crippen LogP contribution in [0.3, 0.4) is 0 Å². The van der Waals surface area contributed by atoms with E-state index in [0.29, 0.717) is 19.6 Å². The van der Waals surface area contributed by atoms with Gasteiger partial charge in [-0.2, -0.15) is 17.0 Å². The first-order valence-corrected chi connectivity index (χ1v) is 9.24. The molecule has 2 fully saturated rings. The molecule has 1 saturated heterocycles. The molecule has 0 aromatic carbocycles. The van der Waals surface area contributed by atoms with Crippen molar-refractivity contribution >= 4 is 10.2 Å². The van der Waals surface area contributed by atoms with E-state index >= 15 is 0 Å². The van der Waals surface area contributed by atoms with Crippen LogP contribution >= 0.6 is 0 Å². The third-order valence-corrected chi connectivity index (χ3v) is 6.22. The van der Waals surface area contributed by atoms with Crippen LogP contribution in [0.2, 0.25) is 0 Å². The number of aromatic nitrogens is 1. The van der Waals surface area contributed by atoms with E-state index in [9.17, 15) is 8.42 Å². The maximum atomic E-state index is 12.9. The molecule has 116 valence electrons. The molecular formula is C15H23N3O2S. The van der Waals surface area contributed by atoms with Crippen molar-refractivity contribution in [2.24, 2.45) is 0 Å². The maximum Gasteiger partial charge on any atom is 0.282 e. The molecule has 0 N–H and O–H groups in total. The van der Waals surface area contributed by atoms with Crippen LogP contribution in [-0.2, 0) is 16.8 Å². The predicted molar refractivity (Wildman–Crippen MR) is 81.8 cm³/mol. The summed E-state index contributed by atoms with van der Waals surface area (Å²) in [6.45, 7) is 1.71. The second-order valence-corrected chi connectivity index (χ2v) is 7.80. The molecule has 21 heavy (non-hydrogen) atoms. The first-order chi connectivity index (χ1) is 10.2. The summed E-state index contributed by atoms with van der Waals surface area (Å²) < 4.78 is 29.2. The minimum atomic E-state index is -3.36. The lowest BCUT2D eigenvalue weighted by atomic mass is 10.2. The van der Waals surface area contributed by atoms with E-state index in [2.05, 4.69) is 4.98 Å². The molecule has 0 radical (unpaired) electrons. The van der Waals surface area contributed by atoms with E-state index < -0.39 is 10.2 Å². The van der Waals surface area contributed by atoms with Crippen LogP contribution in [0.15, 0.2) is 24.4 Å². The van der Waals surface area contributed by atoms with Gasteiger partial charge in [0.05, 0.1) is 12.2 Å². The lowest BCUT2D eigenvalue weighted by Gasteiger charge is -2.29. The van der Waals surface area contributed by atoms with Crippen LogP contribution in [0.1, 0.15) is 44.2 Å². The SMILES string of the molecule is O=S(=O)(N1CCCCCC1)N(Cc1ccccn1)C1CC1. The van der Waals surface area contributed by atoms with Crippen LogP contribution in [0.4, 0.5) is 0 Å². The van der Waals surface area contributed by atoms with Crippen LogP contribution in [0.5, 0.6) is 0 Å². The number of pyridine rings is 1. The highest BCUT2D eigenvalue weighted by Crippen LogP contribution is 2.32. The molecule has 0 bridgehead atoms. The molecule has 3 rings (SSSR count). The second-order valence-electron chi connectivity index (χ2n) is 5.92. The zero-order chi connectivity index (χ0) is 14.7. The monoisotopic (exact) mass is 309 g/mol. The molecule has 1 aliphatic carbocycles. The Morgan fingerprint density at radius 3 is 2.43 bits per heavy atom. The zero-order valence-electron chi connectivity index (χ0n) is 12.3. The largest absolute Gasteiger partial charge is 0.282 e. The lowest BCUT2D eigenvalue weighted by molar-refractivity contribution is 0.328. The third-order valence-electron chi connectivity index (χ3n) is 4.19. The number of rotatable bonds is 5. The fraction of sp³-hybridized carbons (Fsp3) is 0.667. The van der Waals surface area contributed by atoms with E-state index in [4.69, 9.17) is 0 Å². The summed E-state index contributed by atoms with van der Waals surface area (Å²) in [6, 6.07) is 5.83. The molecule has 5 nitrogen and oxygen atoms in total. The van der Waals surface area contributed by atoms with Crippen LogP contribution < -0.4 is 0 Å². The van der Waals surface area contributed by atoms with Gasteiger partial charge in [-0.3, -0.25) is 4.98 Å². The number of hydrogen-bond acceptors (Lipinski definition) is 3. The summed E-state index contributed by atoms with van der Waals surface area (Å²) in [7, 11) is -3.36. The molecule has 1 aliphatic heterocycles. The van der Waals surface area contributed by atoms with Gasteiger partial charge < -0.3 is 0 Å². The third kappa shape index (κ3) is 3.62. The summed E-state index contributed by atoms with van der Waals surface area (Å²) >= 11 is 0. The van der Waals surface area contributed by atoms with Crippen molar-refractivity contribution in [1.82, 2.24) is 13.6 Å². The van der Waals surface area contributed by atoms with Crippen molar-refractivity contribution in [3.8, 4) is 0 Å². The summed E-state index contributed by atoms with van der Waals surface area (Å²) in [5.74, 6) is 0. The maximum absolute atomic E-state index is 12.9. The molecule has 0 amide bonds. The average Bonchev–Trinajstić information content (AvgIpc) is 3.32. The normalized spacial score (nSPS) is 21.4. The van der Waals surface area contributed by atoms with Crippen molar-refractivity contribution in [3.05, 3.63) is 30.1 Å². The smallest absolute Gasteiger partial charge is 0.260 e. The molecule has 6 heteroatoms. The molecule has 2 aliphatic rings. The molecule has 0 atom stereocenters. The van der Waals surface area contributed by atoms with Gasteiger partial charge in [0.2, 0.25) is 0 Å². The Kier molecular flexibility index (Phi) is 4.57. The van der Waals surface area contributed by atoms with Crippen LogP contribution in [-0.4, -0.2) is 41.1 Å². The second kappa shape index (κ2) is 6.42. The molecule has 0 spiro atoms. The first kappa shape index (κ1) is 14.9. The Balaban J connectivity index is 1.79.